The van der Waals surface area contributed by atoms with Crippen LogP contribution in [0.15, 0.2) is 0 Å². The van der Waals surface area contributed by atoms with Gasteiger partial charge in [0.2, 0.25) is 5.91 Å². The minimum atomic E-state index is 0.0907. The quantitative estimate of drug-likeness (QED) is 0.797. The molecule has 94 valence electrons. The number of hydrogen-bond donors (Lipinski definition) is 1. The number of carbonyl (C=O) groups excluding carboxylic acids is 1. The zero-order chi connectivity index (χ0) is 12.2. The molecule has 1 rings (SSSR count). The van der Waals surface area contributed by atoms with Crippen LogP contribution in [0.3, 0.4) is 0 Å². The second-order valence-electron chi connectivity index (χ2n) is 6.24. The molecule has 0 aromatic rings. The van der Waals surface area contributed by atoms with Crippen molar-refractivity contribution in [2.45, 2.75) is 40.5 Å². The highest BCUT2D eigenvalue weighted by Gasteiger charge is 2.23. The van der Waals surface area contributed by atoms with Crippen LogP contribution in [0.4, 0.5) is 0 Å². The van der Waals surface area contributed by atoms with Gasteiger partial charge < -0.3 is 10.2 Å². The summed E-state index contributed by atoms with van der Waals surface area (Å²) in [5.74, 6) is 0.730. The average Bonchev–Trinajstić information content (AvgIpc) is 2.12. The molecule has 1 amide bonds. The molecule has 1 fully saturated rings. The molecule has 0 radical (unpaired) electrons. The molecule has 1 aliphatic heterocycles. The molecule has 1 heterocycles. The number of rotatable bonds is 3. The highest BCUT2D eigenvalue weighted by atomic mass is 16.1. The average molecular weight is 226 g/mol. The van der Waals surface area contributed by atoms with Crippen molar-refractivity contribution in [3.05, 3.63) is 0 Å². The summed E-state index contributed by atoms with van der Waals surface area (Å²) >= 11 is 0. The first-order chi connectivity index (χ1) is 7.37. The molecule has 16 heavy (non-hydrogen) atoms. The largest absolute Gasteiger partial charge is 0.356 e. The monoisotopic (exact) mass is 226 g/mol. The summed E-state index contributed by atoms with van der Waals surface area (Å²) in [5.41, 5.74) is 0.371. The maximum atomic E-state index is 10.9. The van der Waals surface area contributed by atoms with Gasteiger partial charge in [0, 0.05) is 26.6 Å². The Morgan fingerprint density at radius 3 is 2.69 bits per heavy atom. The molecule has 3 nitrogen and oxygen atoms in total. The molecule has 0 aromatic carbocycles. The van der Waals surface area contributed by atoms with Gasteiger partial charge in [0.1, 0.15) is 0 Å². The van der Waals surface area contributed by atoms with Gasteiger partial charge in [0.15, 0.2) is 0 Å². The first kappa shape index (κ1) is 13.5. The minimum absolute atomic E-state index is 0.0907. The lowest BCUT2D eigenvalue weighted by Gasteiger charge is -2.36. The van der Waals surface area contributed by atoms with Crippen LogP contribution < -0.4 is 5.32 Å². The Hall–Kier alpha value is -0.570. The molecule has 0 saturated carbocycles. The van der Waals surface area contributed by atoms with Gasteiger partial charge in [-0.25, -0.2) is 0 Å². The maximum Gasteiger partial charge on any atom is 0.216 e. The van der Waals surface area contributed by atoms with Crippen molar-refractivity contribution in [1.29, 1.82) is 0 Å². The molecule has 1 saturated heterocycles. The molecule has 3 heteroatoms. The van der Waals surface area contributed by atoms with Gasteiger partial charge in [-0.05, 0) is 30.7 Å². The lowest BCUT2D eigenvalue weighted by Crippen LogP contribution is -2.43. The van der Waals surface area contributed by atoms with E-state index in [4.69, 9.17) is 0 Å². The summed E-state index contributed by atoms with van der Waals surface area (Å²) in [7, 11) is 0. The van der Waals surface area contributed by atoms with E-state index in [0.717, 1.165) is 19.6 Å². The van der Waals surface area contributed by atoms with Crippen molar-refractivity contribution in [2.75, 3.05) is 26.2 Å². The predicted octanol–water partition coefficient (Wildman–Crippen LogP) is 1.88. The van der Waals surface area contributed by atoms with Gasteiger partial charge in [-0.1, -0.05) is 20.8 Å². The summed E-state index contributed by atoms with van der Waals surface area (Å²) in [6, 6.07) is 0. The smallest absolute Gasteiger partial charge is 0.216 e. The number of likely N-dealkylation sites (tertiary alicyclic amines) is 1. The molecule has 0 unspecified atom stereocenters. The van der Waals surface area contributed by atoms with Gasteiger partial charge in [0.05, 0.1) is 0 Å². The highest BCUT2D eigenvalue weighted by molar-refractivity contribution is 5.72. The van der Waals surface area contributed by atoms with E-state index >= 15 is 0 Å². The van der Waals surface area contributed by atoms with Crippen molar-refractivity contribution >= 4 is 5.91 Å². The van der Waals surface area contributed by atoms with E-state index in [1.807, 2.05) is 0 Å². The lowest BCUT2D eigenvalue weighted by atomic mass is 9.92. The molecule has 1 atom stereocenters. The Morgan fingerprint density at radius 2 is 2.12 bits per heavy atom. The van der Waals surface area contributed by atoms with E-state index in [1.165, 1.54) is 19.4 Å². The number of hydrogen-bond acceptors (Lipinski definition) is 2. The Morgan fingerprint density at radius 1 is 1.44 bits per heavy atom. The molecular formula is C13H26N2O. The molecule has 0 aliphatic carbocycles. The molecule has 0 spiro atoms. The summed E-state index contributed by atoms with van der Waals surface area (Å²) in [5, 5.41) is 2.93. The third kappa shape index (κ3) is 5.50. The van der Waals surface area contributed by atoms with Gasteiger partial charge in [-0.15, -0.1) is 0 Å². The Labute approximate surface area is 99.6 Å². The summed E-state index contributed by atoms with van der Waals surface area (Å²) < 4.78 is 0. The fourth-order valence-corrected chi connectivity index (χ4v) is 2.42. The first-order valence-corrected chi connectivity index (χ1v) is 6.33. The van der Waals surface area contributed by atoms with Crippen LogP contribution in [0.2, 0.25) is 0 Å². The van der Waals surface area contributed by atoms with Crippen molar-refractivity contribution < 1.29 is 4.79 Å². The molecule has 0 bridgehead atoms. The van der Waals surface area contributed by atoms with Gasteiger partial charge in [0.25, 0.3) is 0 Å². The number of carbonyl (C=O) groups is 1. The highest BCUT2D eigenvalue weighted by Crippen LogP contribution is 2.21. The van der Waals surface area contributed by atoms with Crippen LogP contribution >= 0.6 is 0 Å². The number of nitrogens with one attached hydrogen (secondary N) is 1. The van der Waals surface area contributed by atoms with E-state index in [9.17, 15) is 4.79 Å². The van der Waals surface area contributed by atoms with Crippen LogP contribution in [0, 0.1) is 11.3 Å². The van der Waals surface area contributed by atoms with Gasteiger partial charge in [-0.2, -0.15) is 0 Å². The Balaban J connectivity index is 2.32. The van der Waals surface area contributed by atoms with Crippen LogP contribution in [0.5, 0.6) is 0 Å². The molecule has 0 aromatic heterocycles. The zero-order valence-corrected chi connectivity index (χ0v) is 11.2. The summed E-state index contributed by atoms with van der Waals surface area (Å²) in [6.45, 7) is 12.8. The van der Waals surface area contributed by atoms with E-state index in [0.29, 0.717) is 11.3 Å². The normalized spacial score (nSPS) is 23.1. The minimum Gasteiger partial charge on any atom is -0.356 e. The SMILES string of the molecule is CC(=O)NC[C@@H]1CCCN(CC(C)(C)C)C1. The van der Waals surface area contributed by atoms with Gasteiger partial charge in [-0.3, -0.25) is 4.79 Å². The van der Waals surface area contributed by atoms with Gasteiger partial charge >= 0.3 is 0 Å². The number of amides is 1. The molecule has 1 N–H and O–H groups in total. The third-order valence-corrected chi connectivity index (χ3v) is 2.94. The van der Waals surface area contributed by atoms with E-state index in [2.05, 4.69) is 31.0 Å². The summed E-state index contributed by atoms with van der Waals surface area (Å²) in [6.07, 6.45) is 2.52. The fourth-order valence-electron chi connectivity index (χ4n) is 2.42. The van der Waals surface area contributed by atoms with Crippen molar-refractivity contribution in [1.82, 2.24) is 10.2 Å². The first-order valence-electron chi connectivity index (χ1n) is 6.33. The Bertz CT molecular complexity index is 233. The third-order valence-electron chi connectivity index (χ3n) is 2.94. The van der Waals surface area contributed by atoms with Crippen LogP contribution in [0.25, 0.3) is 0 Å². The topological polar surface area (TPSA) is 32.3 Å². The Kier molecular flexibility index (Phi) is 4.78. The zero-order valence-electron chi connectivity index (χ0n) is 11.2. The molecule has 1 aliphatic rings. The lowest BCUT2D eigenvalue weighted by molar-refractivity contribution is -0.119. The van der Waals surface area contributed by atoms with Crippen molar-refractivity contribution in [2.24, 2.45) is 11.3 Å². The molecular weight excluding hydrogens is 200 g/mol. The number of piperidine rings is 1. The predicted molar refractivity (Wildman–Crippen MR) is 67.3 cm³/mol. The van der Waals surface area contributed by atoms with Crippen molar-refractivity contribution in [3.63, 3.8) is 0 Å². The van der Waals surface area contributed by atoms with E-state index < -0.39 is 0 Å². The number of nitrogens with zero attached hydrogens (tertiary/aromatic N) is 1. The second-order valence-corrected chi connectivity index (χ2v) is 6.24. The van der Waals surface area contributed by atoms with E-state index in [1.54, 1.807) is 6.92 Å². The van der Waals surface area contributed by atoms with Crippen LogP contribution in [-0.2, 0) is 4.79 Å². The fraction of sp³-hybridized carbons (Fsp3) is 0.923. The van der Waals surface area contributed by atoms with E-state index in [-0.39, 0.29) is 5.91 Å². The van der Waals surface area contributed by atoms with Crippen LogP contribution in [0.1, 0.15) is 40.5 Å². The standard InChI is InChI=1S/C13H26N2O/c1-11(16)14-8-12-6-5-7-15(9-12)10-13(2,3)4/h12H,5-10H2,1-4H3,(H,14,16)/t12-/m0/s1. The van der Waals surface area contributed by atoms with Crippen molar-refractivity contribution in [3.8, 4) is 0 Å². The van der Waals surface area contributed by atoms with Crippen LogP contribution in [-0.4, -0.2) is 37.0 Å². The second kappa shape index (κ2) is 5.67. The maximum absolute atomic E-state index is 10.9. The summed E-state index contributed by atoms with van der Waals surface area (Å²) in [4.78, 5) is 13.4.